The minimum Gasteiger partial charge on any atom is -0.465 e. The lowest BCUT2D eigenvalue weighted by Crippen LogP contribution is -2.17. The molecule has 1 aliphatic rings. The highest BCUT2D eigenvalue weighted by Crippen LogP contribution is 2.34. The smallest absolute Gasteiger partial charge is 0.325 e. The summed E-state index contributed by atoms with van der Waals surface area (Å²) in [5.41, 5.74) is 5.91. The van der Waals surface area contributed by atoms with E-state index in [-0.39, 0.29) is 12.5 Å². The van der Waals surface area contributed by atoms with Crippen LogP contribution < -0.4 is 5.32 Å². The quantitative estimate of drug-likeness (QED) is 0.584. The van der Waals surface area contributed by atoms with Gasteiger partial charge in [-0.1, -0.05) is 42.5 Å². The Hall–Kier alpha value is -3.08. The van der Waals surface area contributed by atoms with E-state index in [2.05, 4.69) is 51.9 Å². The zero-order chi connectivity index (χ0) is 19.3. The number of nitrogens with one attached hydrogen (secondary N) is 2. The Morgan fingerprint density at radius 1 is 1.14 bits per heavy atom. The van der Waals surface area contributed by atoms with E-state index in [9.17, 15) is 4.79 Å². The van der Waals surface area contributed by atoms with Gasteiger partial charge in [0.25, 0.3) is 0 Å². The van der Waals surface area contributed by atoms with Crippen molar-refractivity contribution >= 4 is 28.3 Å². The van der Waals surface area contributed by atoms with E-state index in [1.54, 1.807) is 6.92 Å². The predicted molar refractivity (Wildman–Crippen MR) is 113 cm³/mol. The van der Waals surface area contributed by atoms with Gasteiger partial charge in [-0.3, -0.25) is 9.89 Å². The lowest BCUT2D eigenvalue weighted by molar-refractivity contribution is -0.140. The average Bonchev–Trinajstić information content (AvgIpc) is 3.17. The molecule has 1 heterocycles. The van der Waals surface area contributed by atoms with E-state index in [1.807, 2.05) is 12.1 Å². The number of H-pyrrole nitrogens is 1. The zero-order valence-electron chi connectivity index (χ0n) is 16.1. The number of aromatic nitrogens is 2. The summed E-state index contributed by atoms with van der Waals surface area (Å²) >= 11 is 0. The van der Waals surface area contributed by atoms with Gasteiger partial charge >= 0.3 is 5.97 Å². The van der Waals surface area contributed by atoms with Crippen molar-refractivity contribution in [2.75, 3.05) is 18.5 Å². The van der Waals surface area contributed by atoms with Gasteiger partial charge in [0.15, 0.2) is 5.82 Å². The van der Waals surface area contributed by atoms with Crippen LogP contribution in [0.5, 0.6) is 0 Å². The first-order valence-electron chi connectivity index (χ1n) is 9.92. The van der Waals surface area contributed by atoms with Crippen LogP contribution in [0.2, 0.25) is 0 Å². The molecule has 0 saturated carbocycles. The number of benzene rings is 2. The number of carbonyl (C=O) groups excluding carboxylic acids is 1. The first-order chi connectivity index (χ1) is 13.8. The summed E-state index contributed by atoms with van der Waals surface area (Å²) in [4.78, 5) is 11.7. The Morgan fingerprint density at radius 2 is 1.96 bits per heavy atom. The van der Waals surface area contributed by atoms with E-state index >= 15 is 0 Å². The van der Waals surface area contributed by atoms with Crippen molar-refractivity contribution in [1.29, 1.82) is 0 Å². The number of nitrogens with zero attached hydrogens (tertiary/aromatic N) is 1. The molecule has 0 unspecified atom stereocenters. The van der Waals surface area contributed by atoms with Crippen molar-refractivity contribution in [3.63, 3.8) is 0 Å². The molecule has 3 aromatic rings. The Balaban J connectivity index is 1.63. The van der Waals surface area contributed by atoms with E-state index in [0.29, 0.717) is 12.4 Å². The Kier molecular flexibility index (Phi) is 5.42. The first kappa shape index (κ1) is 18.3. The molecule has 4 rings (SSSR count). The van der Waals surface area contributed by atoms with Crippen LogP contribution in [-0.2, 0) is 9.53 Å². The fraction of sp³-hybridized carbons (Fsp3) is 0.304. The number of carbonyl (C=O) groups is 1. The fourth-order valence-electron chi connectivity index (χ4n) is 3.77. The number of anilines is 1. The number of fused-ring (bicyclic) bond motifs is 1. The third-order valence-corrected chi connectivity index (χ3v) is 5.15. The molecule has 5 nitrogen and oxygen atoms in total. The first-order valence-corrected chi connectivity index (χ1v) is 9.92. The third-order valence-electron chi connectivity index (χ3n) is 5.15. The van der Waals surface area contributed by atoms with Crippen LogP contribution in [0.3, 0.4) is 0 Å². The molecule has 28 heavy (non-hydrogen) atoms. The number of allylic oxidation sites excluding steroid dienone is 2. The molecular formula is C23H25N3O2. The third kappa shape index (κ3) is 3.79. The maximum absolute atomic E-state index is 11.7. The van der Waals surface area contributed by atoms with Gasteiger partial charge in [0.1, 0.15) is 6.54 Å². The normalized spacial score (nSPS) is 14.0. The topological polar surface area (TPSA) is 67.0 Å². The molecule has 0 spiro atoms. The van der Waals surface area contributed by atoms with Crippen LogP contribution in [0.15, 0.2) is 48.5 Å². The summed E-state index contributed by atoms with van der Waals surface area (Å²) in [6.45, 7) is 2.26. The van der Waals surface area contributed by atoms with Gasteiger partial charge in [-0.25, -0.2) is 0 Å². The summed E-state index contributed by atoms with van der Waals surface area (Å²) in [6, 6.07) is 14.8. The van der Waals surface area contributed by atoms with Crippen molar-refractivity contribution < 1.29 is 9.53 Å². The van der Waals surface area contributed by atoms with Gasteiger partial charge in [0.05, 0.1) is 17.5 Å². The minimum absolute atomic E-state index is 0.0925. The lowest BCUT2D eigenvalue weighted by Gasteiger charge is -2.13. The van der Waals surface area contributed by atoms with E-state index in [4.69, 9.17) is 4.74 Å². The lowest BCUT2D eigenvalue weighted by atomic mass is 9.92. The summed E-state index contributed by atoms with van der Waals surface area (Å²) < 4.78 is 4.99. The number of esters is 1. The van der Waals surface area contributed by atoms with Crippen LogP contribution in [0.25, 0.3) is 27.6 Å². The van der Waals surface area contributed by atoms with Gasteiger partial charge in [0, 0.05) is 0 Å². The minimum atomic E-state index is -0.291. The predicted octanol–water partition coefficient (Wildman–Crippen LogP) is 5.16. The van der Waals surface area contributed by atoms with Crippen molar-refractivity contribution in [3.8, 4) is 11.1 Å². The monoisotopic (exact) mass is 375 g/mol. The second-order valence-corrected chi connectivity index (χ2v) is 7.01. The summed E-state index contributed by atoms with van der Waals surface area (Å²) in [6.07, 6.45) is 7.29. The Bertz CT molecular complexity index is 1000. The number of hydrogen-bond donors (Lipinski definition) is 2. The molecule has 5 heteroatoms. The molecule has 0 fully saturated rings. The SMILES string of the molecule is CCOC(=O)CNc1n[nH]c2cccc(-c3ccc(C4=CCCCC4)cc3)c12. The number of rotatable bonds is 6. The van der Waals surface area contributed by atoms with Crippen LogP contribution in [0.1, 0.15) is 38.2 Å². The second kappa shape index (κ2) is 8.30. The van der Waals surface area contributed by atoms with Crippen LogP contribution >= 0.6 is 0 Å². The summed E-state index contributed by atoms with van der Waals surface area (Å²) in [5, 5.41) is 11.5. The van der Waals surface area contributed by atoms with Crippen molar-refractivity contribution in [1.82, 2.24) is 10.2 Å². The van der Waals surface area contributed by atoms with Gasteiger partial charge in [-0.15, -0.1) is 0 Å². The molecule has 0 radical (unpaired) electrons. The number of hydrogen-bond acceptors (Lipinski definition) is 4. The van der Waals surface area contributed by atoms with Gasteiger partial charge in [0.2, 0.25) is 0 Å². The Morgan fingerprint density at radius 3 is 2.71 bits per heavy atom. The molecule has 1 aliphatic carbocycles. The second-order valence-electron chi connectivity index (χ2n) is 7.01. The van der Waals surface area contributed by atoms with E-state index < -0.39 is 0 Å². The standard InChI is InChI=1S/C23H25N3O2/c1-2-28-21(27)15-24-23-22-19(9-6-10-20(22)25-26-23)18-13-11-17(12-14-18)16-7-4-3-5-8-16/h6-7,9-14H,2-5,8,15H2,1H3,(H2,24,25,26). The van der Waals surface area contributed by atoms with Crippen LogP contribution in [-0.4, -0.2) is 29.3 Å². The van der Waals surface area contributed by atoms with Gasteiger partial charge in [-0.2, -0.15) is 5.10 Å². The number of ether oxygens (including phenoxy) is 1. The molecule has 0 atom stereocenters. The highest BCUT2D eigenvalue weighted by Gasteiger charge is 2.14. The maximum Gasteiger partial charge on any atom is 0.325 e. The number of aromatic amines is 1. The maximum atomic E-state index is 11.7. The molecule has 0 aliphatic heterocycles. The van der Waals surface area contributed by atoms with Crippen molar-refractivity contribution in [2.24, 2.45) is 0 Å². The molecule has 1 aromatic heterocycles. The van der Waals surface area contributed by atoms with Crippen LogP contribution in [0, 0.1) is 0 Å². The van der Waals surface area contributed by atoms with E-state index in [0.717, 1.165) is 22.0 Å². The fourth-order valence-corrected chi connectivity index (χ4v) is 3.77. The van der Waals surface area contributed by atoms with Crippen LogP contribution in [0.4, 0.5) is 5.82 Å². The highest BCUT2D eigenvalue weighted by atomic mass is 16.5. The molecular weight excluding hydrogens is 350 g/mol. The zero-order valence-corrected chi connectivity index (χ0v) is 16.1. The van der Waals surface area contributed by atoms with Gasteiger partial charge in [-0.05, 0) is 60.9 Å². The summed E-state index contributed by atoms with van der Waals surface area (Å²) in [7, 11) is 0. The molecule has 144 valence electrons. The molecule has 2 aromatic carbocycles. The van der Waals surface area contributed by atoms with Gasteiger partial charge < -0.3 is 10.1 Å². The average molecular weight is 375 g/mol. The largest absolute Gasteiger partial charge is 0.465 e. The molecule has 0 amide bonds. The molecule has 2 N–H and O–H groups in total. The van der Waals surface area contributed by atoms with Crippen molar-refractivity contribution in [2.45, 2.75) is 32.6 Å². The molecule has 0 bridgehead atoms. The van der Waals surface area contributed by atoms with E-state index in [1.165, 1.54) is 36.8 Å². The van der Waals surface area contributed by atoms with Crippen molar-refractivity contribution in [3.05, 3.63) is 54.1 Å². The molecule has 0 saturated heterocycles. The Labute approximate surface area is 164 Å². The summed E-state index contributed by atoms with van der Waals surface area (Å²) in [5.74, 6) is 0.374. The highest BCUT2D eigenvalue weighted by molar-refractivity contribution is 6.02.